The van der Waals surface area contributed by atoms with Crippen LogP contribution in [0.25, 0.3) is 0 Å². The first kappa shape index (κ1) is 10.5. The summed E-state index contributed by atoms with van der Waals surface area (Å²) in [4.78, 5) is 27.4. The van der Waals surface area contributed by atoms with Crippen molar-refractivity contribution in [3.8, 4) is 0 Å². The van der Waals surface area contributed by atoms with Crippen LogP contribution in [0.4, 0.5) is 0 Å². The van der Waals surface area contributed by atoms with Crippen molar-refractivity contribution in [3.05, 3.63) is 41.4 Å². The molecule has 0 bridgehead atoms. The number of aromatic nitrogens is 1. The number of ether oxygens (including phenoxy) is 1. The number of carbonyl (C=O) groups excluding carboxylic acids is 2. The number of ketones is 2. The van der Waals surface area contributed by atoms with Crippen LogP contribution in [0.15, 0.2) is 30.2 Å². The van der Waals surface area contributed by atoms with Crippen LogP contribution in [-0.4, -0.2) is 23.2 Å². The van der Waals surface area contributed by atoms with Crippen molar-refractivity contribution in [2.45, 2.75) is 13.3 Å². The summed E-state index contributed by atoms with van der Waals surface area (Å²) >= 11 is 0. The fourth-order valence-electron chi connectivity index (χ4n) is 1.49. The van der Waals surface area contributed by atoms with Crippen LogP contribution in [0.5, 0.6) is 0 Å². The molecule has 1 aliphatic rings. The van der Waals surface area contributed by atoms with Gasteiger partial charge in [0, 0.05) is 12.3 Å². The van der Waals surface area contributed by atoms with Gasteiger partial charge < -0.3 is 4.74 Å². The SMILES string of the molecule is CCCOC1=CC(=O)c2ncccc2C1=O. The maximum atomic E-state index is 11.9. The predicted octanol–water partition coefficient (Wildman–Crippen LogP) is 1.77. The van der Waals surface area contributed by atoms with Crippen molar-refractivity contribution in [3.63, 3.8) is 0 Å². The molecule has 0 saturated carbocycles. The molecule has 2 rings (SSSR count). The molecule has 0 amide bonds. The zero-order valence-electron chi connectivity index (χ0n) is 8.90. The summed E-state index contributed by atoms with van der Waals surface area (Å²) in [6.07, 6.45) is 3.50. The molecule has 4 heteroatoms. The van der Waals surface area contributed by atoms with Crippen molar-refractivity contribution < 1.29 is 14.3 Å². The van der Waals surface area contributed by atoms with Crippen LogP contribution in [0.1, 0.15) is 34.2 Å². The van der Waals surface area contributed by atoms with Gasteiger partial charge >= 0.3 is 0 Å². The van der Waals surface area contributed by atoms with Crippen molar-refractivity contribution >= 4 is 11.6 Å². The Hall–Kier alpha value is -1.97. The highest BCUT2D eigenvalue weighted by Crippen LogP contribution is 2.19. The van der Waals surface area contributed by atoms with E-state index < -0.39 is 0 Å². The Morgan fingerprint density at radius 1 is 1.38 bits per heavy atom. The topological polar surface area (TPSA) is 56.3 Å². The van der Waals surface area contributed by atoms with Gasteiger partial charge in [-0.1, -0.05) is 6.92 Å². The molecule has 0 saturated heterocycles. The summed E-state index contributed by atoms with van der Waals surface area (Å²) in [5.41, 5.74) is 0.525. The van der Waals surface area contributed by atoms with Gasteiger partial charge in [0.1, 0.15) is 5.69 Å². The maximum absolute atomic E-state index is 11.9. The molecule has 0 unspecified atom stereocenters. The van der Waals surface area contributed by atoms with Gasteiger partial charge in [-0.2, -0.15) is 0 Å². The van der Waals surface area contributed by atoms with Crippen molar-refractivity contribution in [2.75, 3.05) is 6.61 Å². The van der Waals surface area contributed by atoms with Crippen molar-refractivity contribution in [1.82, 2.24) is 4.98 Å². The van der Waals surface area contributed by atoms with E-state index in [-0.39, 0.29) is 23.0 Å². The third-order valence-electron chi connectivity index (χ3n) is 2.23. The minimum Gasteiger partial charge on any atom is -0.489 e. The van der Waals surface area contributed by atoms with E-state index in [2.05, 4.69) is 4.98 Å². The smallest absolute Gasteiger partial charge is 0.230 e. The van der Waals surface area contributed by atoms with Gasteiger partial charge in [0.2, 0.25) is 11.6 Å². The molecule has 1 heterocycles. The highest BCUT2D eigenvalue weighted by atomic mass is 16.5. The van der Waals surface area contributed by atoms with Crippen LogP contribution >= 0.6 is 0 Å². The first-order chi connectivity index (χ1) is 7.74. The predicted molar refractivity (Wildman–Crippen MR) is 57.2 cm³/mol. The zero-order chi connectivity index (χ0) is 11.5. The Morgan fingerprint density at radius 2 is 2.19 bits per heavy atom. The average Bonchev–Trinajstić information content (AvgIpc) is 2.32. The first-order valence-corrected chi connectivity index (χ1v) is 5.12. The number of hydrogen-bond acceptors (Lipinski definition) is 4. The first-order valence-electron chi connectivity index (χ1n) is 5.12. The molecule has 1 aromatic heterocycles. The summed E-state index contributed by atoms with van der Waals surface area (Å²) in [6.45, 7) is 2.37. The maximum Gasteiger partial charge on any atom is 0.230 e. The average molecular weight is 217 g/mol. The molecule has 4 nitrogen and oxygen atoms in total. The largest absolute Gasteiger partial charge is 0.489 e. The summed E-state index contributed by atoms with van der Waals surface area (Å²) in [6, 6.07) is 3.22. The number of carbonyl (C=O) groups is 2. The molecule has 0 radical (unpaired) electrons. The Kier molecular flexibility index (Phi) is 2.81. The van der Waals surface area contributed by atoms with Gasteiger partial charge in [-0.15, -0.1) is 0 Å². The molecule has 82 valence electrons. The van der Waals surface area contributed by atoms with E-state index in [1.54, 1.807) is 12.1 Å². The summed E-state index contributed by atoms with van der Waals surface area (Å²) in [7, 11) is 0. The van der Waals surface area contributed by atoms with E-state index in [1.807, 2.05) is 6.92 Å². The summed E-state index contributed by atoms with van der Waals surface area (Å²) in [5, 5.41) is 0. The van der Waals surface area contributed by atoms with E-state index >= 15 is 0 Å². The van der Waals surface area contributed by atoms with Gasteiger partial charge in [-0.25, -0.2) is 0 Å². The molecule has 1 aliphatic carbocycles. The lowest BCUT2D eigenvalue weighted by Crippen LogP contribution is -2.20. The second-order valence-electron chi connectivity index (χ2n) is 3.45. The van der Waals surface area contributed by atoms with Crippen LogP contribution in [0.3, 0.4) is 0 Å². The summed E-state index contributed by atoms with van der Waals surface area (Å²) < 4.78 is 5.23. The Balaban J connectivity index is 2.36. The lowest BCUT2D eigenvalue weighted by atomic mass is 9.98. The van der Waals surface area contributed by atoms with E-state index in [1.165, 1.54) is 12.3 Å². The Bertz CT molecular complexity index is 477. The van der Waals surface area contributed by atoms with Crippen LogP contribution in [-0.2, 0) is 4.74 Å². The molecule has 16 heavy (non-hydrogen) atoms. The fraction of sp³-hybridized carbons (Fsp3) is 0.250. The molecule has 0 spiro atoms. The third kappa shape index (κ3) is 1.74. The molecule has 0 aromatic carbocycles. The van der Waals surface area contributed by atoms with Gasteiger partial charge in [0.15, 0.2) is 5.76 Å². The van der Waals surface area contributed by atoms with Gasteiger partial charge in [-0.05, 0) is 18.6 Å². The number of hydrogen-bond donors (Lipinski definition) is 0. The van der Waals surface area contributed by atoms with E-state index in [0.29, 0.717) is 12.2 Å². The number of Topliss-reactive ketones (excluding diaryl/α,β-unsaturated/α-hetero) is 1. The second kappa shape index (κ2) is 4.26. The molecule has 0 N–H and O–H groups in total. The van der Waals surface area contributed by atoms with Crippen LogP contribution in [0, 0.1) is 0 Å². The van der Waals surface area contributed by atoms with Crippen LogP contribution < -0.4 is 0 Å². The van der Waals surface area contributed by atoms with Crippen LogP contribution in [0.2, 0.25) is 0 Å². The molecule has 0 fully saturated rings. The minimum atomic E-state index is -0.277. The van der Waals surface area contributed by atoms with Gasteiger partial charge in [-0.3, -0.25) is 14.6 Å². The van der Waals surface area contributed by atoms with Crippen molar-refractivity contribution in [2.24, 2.45) is 0 Å². The number of pyridine rings is 1. The molecule has 0 atom stereocenters. The minimum absolute atomic E-state index is 0.118. The summed E-state index contributed by atoms with van der Waals surface area (Å²) in [5.74, 6) is -0.426. The fourth-order valence-corrected chi connectivity index (χ4v) is 1.49. The van der Waals surface area contributed by atoms with Gasteiger partial charge in [0.25, 0.3) is 0 Å². The molecule has 1 aromatic rings. The Labute approximate surface area is 92.9 Å². The standard InChI is InChI=1S/C12H11NO3/c1-2-6-16-10-7-9(14)11-8(12(10)15)4-3-5-13-11/h3-5,7H,2,6H2,1H3. The van der Waals surface area contributed by atoms with E-state index in [9.17, 15) is 9.59 Å². The highest BCUT2D eigenvalue weighted by molar-refractivity contribution is 6.22. The number of fused-ring (bicyclic) bond motifs is 1. The normalized spacial score (nSPS) is 14.4. The van der Waals surface area contributed by atoms with E-state index in [0.717, 1.165) is 6.42 Å². The number of nitrogens with zero attached hydrogens (tertiary/aromatic N) is 1. The molecular weight excluding hydrogens is 206 g/mol. The third-order valence-corrected chi connectivity index (χ3v) is 2.23. The molecule has 0 aliphatic heterocycles. The van der Waals surface area contributed by atoms with E-state index in [4.69, 9.17) is 4.74 Å². The lowest BCUT2D eigenvalue weighted by Gasteiger charge is -2.14. The second-order valence-corrected chi connectivity index (χ2v) is 3.45. The highest BCUT2D eigenvalue weighted by Gasteiger charge is 2.27. The number of rotatable bonds is 3. The van der Waals surface area contributed by atoms with Crippen molar-refractivity contribution in [1.29, 1.82) is 0 Å². The molecular formula is C12H11NO3. The van der Waals surface area contributed by atoms with Gasteiger partial charge in [0.05, 0.1) is 12.2 Å². The lowest BCUT2D eigenvalue weighted by molar-refractivity contribution is 0.0881. The monoisotopic (exact) mass is 217 g/mol. The quantitative estimate of drug-likeness (QED) is 0.774. The number of allylic oxidation sites excluding steroid dienone is 2. The Morgan fingerprint density at radius 3 is 2.94 bits per heavy atom. The zero-order valence-corrected chi connectivity index (χ0v) is 8.90.